The van der Waals surface area contributed by atoms with Crippen LogP contribution in [0, 0.1) is 9.52 Å². The zero-order valence-corrected chi connectivity index (χ0v) is 10.0. The molecule has 6 heteroatoms. The lowest BCUT2D eigenvalue weighted by molar-refractivity contribution is 0.492. The van der Waals surface area contributed by atoms with E-state index < -0.39 is 17.1 Å². The van der Waals surface area contributed by atoms with Gasteiger partial charge in [0.25, 0.3) is 5.56 Å². The van der Waals surface area contributed by atoms with E-state index in [1.807, 2.05) is 0 Å². The molecule has 1 heterocycles. The van der Waals surface area contributed by atoms with Crippen LogP contribution in [0.2, 0.25) is 0 Å². The molecule has 0 spiro atoms. The molecule has 14 heavy (non-hydrogen) atoms. The minimum absolute atomic E-state index is 0.0739. The second-order valence-corrected chi connectivity index (χ2v) is 3.70. The zero-order chi connectivity index (χ0) is 10.9. The van der Waals surface area contributed by atoms with E-state index in [0.717, 1.165) is 4.57 Å². The Morgan fingerprint density at radius 3 is 2.14 bits per heavy atom. The molecule has 0 amide bonds. The first-order valence-electron chi connectivity index (χ1n) is 4.23. The van der Waals surface area contributed by atoms with E-state index in [1.54, 1.807) is 36.4 Å². The van der Waals surface area contributed by atoms with Gasteiger partial charge in [-0.3, -0.25) is 13.9 Å². The normalized spacial score (nSPS) is 10.6. The molecule has 0 aromatic carbocycles. The molecule has 1 aromatic heterocycles. The highest BCUT2D eigenvalue weighted by atomic mass is 127. The first-order valence-corrected chi connectivity index (χ1v) is 5.31. The molecule has 0 N–H and O–H groups in total. The molecule has 0 fully saturated rings. The Labute approximate surface area is 93.5 Å². The van der Waals surface area contributed by atoms with Gasteiger partial charge in [-0.15, -0.1) is 0 Å². The van der Waals surface area contributed by atoms with Gasteiger partial charge in [-0.1, -0.05) is 0 Å². The summed E-state index contributed by atoms with van der Waals surface area (Å²) in [6.07, 6.45) is 0. The second kappa shape index (κ2) is 4.24. The number of nitrogens with zero attached hydrogens (tertiary/aromatic N) is 2. The van der Waals surface area contributed by atoms with Gasteiger partial charge in [-0.05, 0) is 36.4 Å². The molecule has 1 aromatic rings. The minimum Gasteiger partial charge on any atom is -0.286 e. The molecule has 0 radical (unpaired) electrons. The van der Waals surface area contributed by atoms with E-state index >= 15 is 0 Å². The van der Waals surface area contributed by atoms with Crippen molar-refractivity contribution in [1.29, 1.82) is 0 Å². The number of hydrogen-bond acceptors (Lipinski definition) is 2. The lowest BCUT2D eigenvalue weighted by atomic mass is 10.5. The molecule has 0 unspecified atom stereocenters. The molecule has 0 aliphatic rings. The molecule has 78 valence electrons. The molecule has 0 aliphatic carbocycles. The minimum atomic E-state index is -0.853. The maximum Gasteiger partial charge on any atom is 0.331 e. The van der Waals surface area contributed by atoms with Gasteiger partial charge in [0.15, 0.2) is 0 Å². The Balaban J connectivity index is 3.74. The number of halogens is 2. The van der Waals surface area contributed by atoms with Gasteiger partial charge in [0.2, 0.25) is 5.82 Å². The largest absolute Gasteiger partial charge is 0.331 e. The lowest BCUT2D eigenvalue weighted by Crippen LogP contribution is -2.42. The summed E-state index contributed by atoms with van der Waals surface area (Å²) in [5.41, 5.74) is -1.29. The van der Waals surface area contributed by atoms with Crippen LogP contribution in [-0.2, 0) is 13.1 Å². The quantitative estimate of drug-likeness (QED) is 0.599. The fraction of sp³-hybridized carbons (Fsp3) is 0.500. The molecule has 0 bridgehead atoms. The number of rotatable bonds is 2. The molecular weight excluding hydrogens is 302 g/mol. The van der Waals surface area contributed by atoms with Crippen molar-refractivity contribution < 1.29 is 4.39 Å². The predicted molar refractivity (Wildman–Crippen MR) is 59.0 cm³/mol. The Bertz CT molecular complexity index is 464. The molecule has 4 nitrogen and oxygen atoms in total. The highest BCUT2D eigenvalue weighted by Crippen LogP contribution is 2.03. The average molecular weight is 312 g/mol. The topological polar surface area (TPSA) is 44.0 Å². The second-order valence-electron chi connectivity index (χ2n) is 2.68. The SMILES string of the molecule is CCn1c(I)c(F)c(=O)n(CC)c1=O. The van der Waals surface area contributed by atoms with Crippen molar-refractivity contribution in [2.45, 2.75) is 26.9 Å². The third-order valence-corrected chi connectivity index (χ3v) is 3.00. The van der Waals surface area contributed by atoms with E-state index in [9.17, 15) is 14.0 Å². The van der Waals surface area contributed by atoms with Gasteiger partial charge in [0.05, 0.1) is 0 Å². The molecular formula is C8H10FIN2O2. The monoisotopic (exact) mass is 312 g/mol. The van der Waals surface area contributed by atoms with Crippen molar-refractivity contribution in [2.75, 3.05) is 0 Å². The molecule has 1 rings (SSSR count). The predicted octanol–water partition coefficient (Wildman–Crippen LogP) is 0.793. The summed E-state index contributed by atoms with van der Waals surface area (Å²) in [5, 5.41) is 0. The van der Waals surface area contributed by atoms with Gasteiger partial charge in [-0.25, -0.2) is 4.79 Å². The van der Waals surface area contributed by atoms with Crippen molar-refractivity contribution in [1.82, 2.24) is 9.13 Å². The maximum absolute atomic E-state index is 13.3. The zero-order valence-electron chi connectivity index (χ0n) is 7.88. The van der Waals surface area contributed by atoms with Gasteiger partial charge >= 0.3 is 5.69 Å². The van der Waals surface area contributed by atoms with E-state index in [0.29, 0.717) is 6.54 Å². The van der Waals surface area contributed by atoms with Crippen molar-refractivity contribution in [3.63, 3.8) is 0 Å². The smallest absolute Gasteiger partial charge is 0.286 e. The summed E-state index contributed by atoms with van der Waals surface area (Å²) >= 11 is 1.66. The third-order valence-electron chi connectivity index (χ3n) is 1.95. The summed E-state index contributed by atoms with van der Waals surface area (Å²) in [7, 11) is 0. The third kappa shape index (κ3) is 1.62. The Morgan fingerprint density at radius 1 is 1.21 bits per heavy atom. The average Bonchev–Trinajstić information content (AvgIpc) is 2.16. The van der Waals surface area contributed by atoms with Crippen LogP contribution >= 0.6 is 22.6 Å². The number of aromatic nitrogens is 2. The van der Waals surface area contributed by atoms with Crippen LogP contribution in [0.1, 0.15) is 13.8 Å². The first-order chi connectivity index (χ1) is 6.54. The van der Waals surface area contributed by atoms with E-state index in [-0.39, 0.29) is 10.2 Å². The van der Waals surface area contributed by atoms with Gasteiger partial charge in [0.1, 0.15) is 3.70 Å². The van der Waals surface area contributed by atoms with Crippen LogP contribution in [0.3, 0.4) is 0 Å². The standard InChI is InChI=1S/C8H10FIN2O2/c1-3-11-6(10)5(9)7(13)12(4-2)8(11)14/h3-4H2,1-2H3. The fourth-order valence-electron chi connectivity index (χ4n) is 1.19. The highest BCUT2D eigenvalue weighted by Gasteiger charge is 2.14. The molecule has 0 saturated carbocycles. The van der Waals surface area contributed by atoms with Crippen LogP contribution in [0.5, 0.6) is 0 Å². The van der Waals surface area contributed by atoms with Gasteiger partial charge in [0, 0.05) is 13.1 Å². The fourth-order valence-corrected chi connectivity index (χ4v) is 1.97. The Hall–Kier alpha value is -0.660. The van der Waals surface area contributed by atoms with Crippen molar-refractivity contribution in [3.05, 3.63) is 30.4 Å². The molecule has 0 saturated heterocycles. The Morgan fingerprint density at radius 2 is 1.71 bits per heavy atom. The van der Waals surface area contributed by atoms with Crippen LogP contribution in [0.15, 0.2) is 9.59 Å². The van der Waals surface area contributed by atoms with Gasteiger partial charge < -0.3 is 0 Å². The Kier molecular flexibility index (Phi) is 3.46. The van der Waals surface area contributed by atoms with Crippen molar-refractivity contribution in [2.24, 2.45) is 0 Å². The summed E-state index contributed by atoms with van der Waals surface area (Å²) < 4.78 is 15.5. The molecule has 0 atom stereocenters. The van der Waals surface area contributed by atoms with E-state index in [2.05, 4.69) is 0 Å². The summed E-state index contributed by atoms with van der Waals surface area (Å²) in [6, 6.07) is 0. The highest BCUT2D eigenvalue weighted by molar-refractivity contribution is 14.1. The van der Waals surface area contributed by atoms with Crippen molar-refractivity contribution >= 4 is 22.6 Å². The maximum atomic E-state index is 13.3. The van der Waals surface area contributed by atoms with Gasteiger partial charge in [-0.2, -0.15) is 4.39 Å². The van der Waals surface area contributed by atoms with E-state index in [4.69, 9.17) is 0 Å². The van der Waals surface area contributed by atoms with Crippen LogP contribution in [-0.4, -0.2) is 9.13 Å². The first kappa shape index (κ1) is 11.4. The van der Waals surface area contributed by atoms with Crippen LogP contribution in [0.4, 0.5) is 4.39 Å². The summed E-state index contributed by atoms with van der Waals surface area (Å²) in [5.74, 6) is -0.853. The molecule has 0 aliphatic heterocycles. The summed E-state index contributed by atoms with van der Waals surface area (Å²) in [4.78, 5) is 22.9. The van der Waals surface area contributed by atoms with Crippen LogP contribution in [0.25, 0.3) is 0 Å². The summed E-state index contributed by atoms with van der Waals surface area (Å²) in [6.45, 7) is 3.91. The van der Waals surface area contributed by atoms with E-state index in [1.165, 1.54) is 4.57 Å². The number of hydrogen-bond donors (Lipinski definition) is 0. The lowest BCUT2D eigenvalue weighted by Gasteiger charge is -2.09. The van der Waals surface area contributed by atoms with Crippen molar-refractivity contribution in [3.8, 4) is 0 Å². The van der Waals surface area contributed by atoms with Crippen LogP contribution < -0.4 is 11.2 Å².